The minimum absolute atomic E-state index is 0.0393. The van der Waals surface area contributed by atoms with Crippen molar-refractivity contribution >= 4 is 10.9 Å². The molecule has 3 aromatic rings. The van der Waals surface area contributed by atoms with E-state index in [0.717, 1.165) is 35.7 Å². The van der Waals surface area contributed by atoms with Gasteiger partial charge in [0.2, 0.25) is 0 Å². The van der Waals surface area contributed by atoms with E-state index in [0.29, 0.717) is 5.39 Å². The number of quaternary nitrogens is 1. The Hall–Kier alpha value is -2.66. The number of aromatic nitrogens is 2. The van der Waals surface area contributed by atoms with Crippen molar-refractivity contribution in [1.82, 2.24) is 9.55 Å². The Morgan fingerprint density at radius 3 is 2.56 bits per heavy atom. The Labute approximate surface area is 147 Å². The van der Waals surface area contributed by atoms with E-state index in [1.807, 2.05) is 48.5 Å². The minimum Gasteiger partial charge on any atom is -0.497 e. The molecule has 2 N–H and O–H groups in total. The molecule has 130 valence electrons. The van der Waals surface area contributed by atoms with Gasteiger partial charge in [-0.15, -0.1) is 0 Å². The summed E-state index contributed by atoms with van der Waals surface area (Å²) in [4.78, 5) is 18.0. The molecule has 5 nitrogen and oxygen atoms in total. The molecule has 0 fully saturated rings. The summed E-state index contributed by atoms with van der Waals surface area (Å²) in [6.45, 7) is 5.23. The van der Waals surface area contributed by atoms with Crippen LogP contribution in [0.15, 0.2) is 53.3 Å². The number of para-hydroxylation sites is 1. The number of nitrogens with zero attached hydrogens (tertiary/aromatic N) is 2. The zero-order valence-corrected chi connectivity index (χ0v) is 14.9. The van der Waals surface area contributed by atoms with Gasteiger partial charge < -0.3 is 10.1 Å². The normalized spacial score (nSPS) is 12.3. The summed E-state index contributed by atoms with van der Waals surface area (Å²) in [5.41, 5.74) is 1.50. The average Bonchev–Trinajstić information content (AvgIpc) is 2.66. The molecule has 0 saturated heterocycles. The largest absolute Gasteiger partial charge is 0.497 e. The first-order valence-electron chi connectivity index (χ1n) is 8.65. The van der Waals surface area contributed by atoms with Crippen molar-refractivity contribution < 1.29 is 10.1 Å². The van der Waals surface area contributed by atoms with Crippen LogP contribution in [0, 0.1) is 0 Å². The molecule has 0 spiro atoms. The Morgan fingerprint density at radius 2 is 1.88 bits per heavy atom. The summed E-state index contributed by atoms with van der Waals surface area (Å²) < 4.78 is 6.95. The smallest absolute Gasteiger partial charge is 0.266 e. The lowest BCUT2D eigenvalue weighted by Gasteiger charge is -2.17. The molecule has 3 rings (SSSR count). The van der Waals surface area contributed by atoms with Gasteiger partial charge in [-0.25, -0.2) is 4.98 Å². The molecule has 0 aliphatic heterocycles. The second-order valence-electron chi connectivity index (χ2n) is 6.14. The van der Waals surface area contributed by atoms with E-state index in [2.05, 4.69) is 19.2 Å². The number of benzene rings is 2. The van der Waals surface area contributed by atoms with Gasteiger partial charge in [0.05, 0.1) is 30.2 Å². The molecule has 5 heteroatoms. The second kappa shape index (κ2) is 7.49. The summed E-state index contributed by atoms with van der Waals surface area (Å²) in [7, 11) is 1.63. The molecule has 1 atom stereocenters. The highest BCUT2D eigenvalue weighted by molar-refractivity contribution is 5.77. The lowest BCUT2D eigenvalue weighted by Crippen LogP contribution is -2.85. The molecule has 0 saturated carbocycles. The highest BCUT2D eigenvalue weighted by atomic mass is 16.5. The first-order valence-corrected chi connectivity index (χ1v) is 8.65. The Balaban J connectivity index is 2.22. The average molecular weight is 338 g/mol. The van der Waals surface area contributed by atoms with E-state index in [1.165, 1.54) is 0 Å². The van der Waals surface area contributed by atoms with E-state index >= 15 is 0 Å². The fraction of sp³-hybridized carbons (Fsp3) is 0.300. The van der Waals surface area contributed by atoms with Crippen molar-refractivity contribution in [3.63, 3.8) is 0 Å². The SMILES string of the molecule is CCC[NH2+][C@H](C)c1nc2ccccc2c(=O)n1-c1ccc(OC)cc1. The number of ether oxygens (including phenoxy) is 1. The zero-order chi connectivity index (χ0) is 17.8. The monoisotopic (exact) mass is 338 g/mol. The quantitative estimate of drug-likeness (QED) is 0.751. The van der Waals surface area contributed by atoms with Crippen LogP contribution in [-0.4, -0.2) is 23.2 Å². The van der Waals surface area contributed by atoms with Crippen molar-refractivity contribution in [3.05, 3.63) is 64.7 Å². The summed E-state index contributed by atoms with van der Waals surface area (Å²) in [6.07, 6.45) is 1.07. The molecule has 1 heterocycles. The molecule has 0 amide bonds. The summed E-state index contributed by atoms with van der Waals surface area (Å²) in [5, 5.41) is 2.85. The summed E-state index contributed by atoms with van der Waals surface area (Å²) in [6, 6.07) is 15.1. The van der Waals surface area contributed by atoms with Crippen LogP contribution in [0.5, 0.6) is 5.75 Å². The number of rotatable bonds is 6. The topological polar surface area (TPSA) is 60.7 Å². The van der Waals surface area contributed by atoms with Gasteiger partial charge in [0.15, 0.2) is 5.82 Å². The molecule has 25 heavy (non-hydrogen) atoms. The molecule has 2 aromatic carbocycles. The third-order valence-corrected chi connectivity index (χ3v) is 4.35. The van der Waals surface area contributed by atoms with Gasteiger partial charge in [-0.2, -0.15) is 0 Å². The lowest BCUT2D eigenvalue weighted by molar-refractivity contribution is -0.693. The molecular weight excluding hydrogens is 314 g/mol. The highest BCUT2D eigenvalue weighted by Crippen LogP contribution is 2.18. The molecule has 0 bridgehead atoms. The minimum atomic E-state index is -0.0393. The van der Waals surface area contributed by atoms with Gasteiger partial charge in [-0.05, 0) is 49.7 Å². The number of hydrogen-bond donors (Lipinski definition) is 1. The van der Waals surface area contributed by atoms with Crippen LogP contribution in [0.25, 0.3) is 16.6 Å². The van der Waals surface area contributed by atoms with Crippen LogP contribution in [0.2, 0.25) is 0 Å². The fourth-order valence-corrected chi connectivity index (χ4v) is 2.96. The van der Waals surface area contributed by atoms with Crippen LogP contribution >= 0.6 is 0 Å². The van der Waals surface area contributed by atoms with Crippen LogP contribution in [-0.2, 0) is 0 Å². The first kappa shape index (κ1) is 17.2. The second-order valence-corrected chi connectivity index (χ2v) is 6.14. The maximum atomic E-state index is 13.2. The van der Waals surface area contributed by atoms with Crippen LogP contribution in [0.4, 0.5) is 0 Å². The Morgan fingerprint density at radius 1 is 1.16 bits per heavy atom. The van der Waals surface area contributed by atoms with Crippen molar-refractivity contribution in [2.75, 3.05) is 13.7 Å². The Bertz CT molecular complexity index is 916. The predicted molar refractivity (Wildman–Crippen MR) is 99.4 cm³/mol. The maximum absolute atomic E-state index is 13.2. The zero-order valence-electron chi connectivity index (χ0n) is 14.9. The van der Waals surface area contributed by atoms with Crippen LogP contribution in [0.3, 0.4) is 0 Å². The van der Waals surface area contributed by atoms with Crippen molar-refractivity contribution in [3.8, 4) is 11.4 Å². The number of fused-ring (bicyclic) bond motifs is 1. The van der Waals surface area contributed by atoms with E-state index in [-0.39, 0.29) is 11.6 Å². The molecule has 0 radical (unpaired) electrons. The molecular formula is C20H24N3O2+. The van der Waals surface area contributed by atoms with E-state index in [1.54, 1.807) is 11.7 Å². The van der Waals surface area contributed by atoms with Crippen molar-refractivity contribution in [2.24, 2.45) is 0 Å². The van der Waals surface area contributed by atoms with Crippen molar-refractivity contribution in [1.29, 1.82) is 0 Å². The third-order valence-electron chi connectivity index (χ3n) is 4.35. The number of methoxy groups -OCH3 is 1. The number of hydrogen-bond acceptors (Lipinski definition) is 3. The highest BCUT2D eigenvalue weighted by Gasteiger charge is 2.19. The van der Waals surface area contributed by atoms with Gasteiger partial charge in [0.25, 0.3) is 5.56 Å². The molecule has 0 aliphatic rings. The van der Waals surface area contributed by atoms with Gasteiger partial charge in [0, 0.05) is 0 Å². The summed E-state index contributed by atoms with van der Waals surface area (Å²) >= 11 is 0. The van der Waals surface area contributed by atoms with E-state index in [9.17, 15) is 4.79 Å². The third kappa shape index (κ3) is 3.42. The number of nitrogens with two attached hydrogens (primary N) is 1. The van der Waals surface area contributed by atoms with Gasteiger partial charge in [0.1, 0.15) is 11.8 Å². The first-order chi connectivity index (χ1) is 12.2. The van der Waals surface area contributed by atoms with Crippen molar-refractivity contribution in [2.45, 2.75) is 26.3 Å². The maximum Gasteiger partial charge on any atom is 0.266 e. The molecule has 0 unspecified atom stereocenters. The van der Waals surface area contributed by atoms with E-state index < -0.39 is 0 Å². The molecule has 0 aliphatic carbocycles. The predicted octanol–water partition coefficient (Wildman–Crippen LogP) is 2.43. The van der Waals surface area contributed by atoms with Gasteiger partial charge >= 0.3 is 0 Å². The van der Waals surface area contributed by atoms with Gasteiger partial charge in [-0.1, -0.05) is 19.1 Å². The van der Waals surface area contributed by atoms with Crippen LogP contribution < -0.4 is 15.6 Å². The lowest BCUT2D eigenvalue weighted by atomic mass is 10.2. The standard InChI is InChI=1S/C20H23N3O2/c1-4-13-21-14(2)19-22-18-8-6-5-7-17(18)20(24)23(19)15-9-11-16(25-3)12-10-15/h5-12,14,21H,4,13H2,1-3H3/p+1/t14-/m1/s1. The summed E-state index contributed by atoms with van der Waals surface area (Å²) in [5.74, 6) is 1.53. The Kier molecular flexibility index (Phi) is 5.14. The fourth-order valence-electron chi connectivity index (χ4n) is 2.96. The van der Waals surface area contributed by atoms with Gasteiger partial charge in [-0.3, -0.25) is 9.36 Å². The van der Waals surface area contributed by atoms with Crippen LogP contribution in [0.1, 0.15) is 32.1 Å². The molecule has 1 aromatic heterocycles. The van der Waals surface area contributed by atoms with E-state index in [4.69, 9.17) is 9.72 Å².